The summed E-state index contributed by atoms with van der Waals surface area (Å²) in [4.78, 5) is 0. The van der Waals surface area contributed by atoms with Gasteiger partial charge in [-0.2, -0.15) is 0 Å². The van der Waals surface area contributed by atoms with Crippen LogP contribution in [-0.4, -0.2) is 16.3 Å². The van der Waals surface area contributed by atoms with Crippen molar-refractivity contribution in [3.63, 3.8) is 0 Å². The second-order valence-corrected chi connectivity index (χ2v) is 5.12. The molecule has 2 nitrogen and oxygen atoms in total. The van der Waals surface area contributed by atoms with Crippen molar-refractivity contribution in [3.05, 3.63) is 29.3 Å². The van der Waals surface area contributed by atoms with E-state index in [-0.39, 0.29) is 5.41 Å². The number of aromatic hydroxyl groups is 1. The smallest absolute Gasteiger partial charge is 0.122 e. The number of hydrogen-bond acceptors (Lipinski definition) is 2. The first-order valence-corrected chi connectivity index (χ1v) is 5.31. The highest BCUT2D eigenvalue weighted by atomic mass is 16.3. The van der Waals surface area contributed by atoms with Gasteiger partial charge in [0.1, 0.15) is 5.75 Å². The summed E-state index contributed by atoms with van der Waals surface area (Å²) in [5.74, 6) is 0.325. The summed E-state index contributed by atoms with van der Waals surface area (Å²) in [5, 5.41) is 19.4. The molecule has 0 bridgehead atoms. The highest BCUT2D eigenvalue weighted by Crippen LogP contribution is 2.33. The largest absolute Gasteiger partial charge is 0.507 e. The molecule has 0 amide bonds. The van der Waals surface area contributed by atoms with Gasteiger partial charge in [-0.3, -0.25) is 0 Å². The van der Waals surface area contributed by atoms with Gasteiger partial charge in [-0.05, 0) is 23.5 Å². The van der Waals surface area contributed by atoms with Crippen LogP contribution < -0.4 is 0 Å². The Morgan fingerprint density at radius 1 is 1.27 bits per heavy atom. The van der Waals surface area contributed by atoms with Gasteiger partial charge in [0.25, 0.3) is 0 Å². The van der Waals surface area contributed by atoms with Gasteiger partial charge in [0.2, 0.25) is 0 Å². The Morgan fingerprint density at radius 3 is 2.33 bits per heavy atom. The van der Waals surface area contributed by atoms with E-state index in [2.05, 4.69) is 20.8 Å². The van der Waals surface area contributed by atoms with Crippen LogP contribution in [0.1, 0.15) is 38.8 Å². The molecule has 2 N–H and O–H groups in total. The predicted octanol–water partition coefficient (Wildman–Crippen LogP) is 2.61. The molecule has 2 heteroatoms. The molecule has 0 aliphatic heterocycles. The molecule has 0 heterocycles. The Kier molecular flexibility index (Phi) is 3.40. The molecule has 0 aliphatic rings. The molecule has 0 radical (unpaired) electrons. The highest BCUT2D eigenvalue weighted by Gasteiger charge is 2.19. The van der Waals surface area contributed by atoms with Gasteiger partial charge in [0.05, 0.1) is 6.10 Å². The van der Waals surface area contributed by atoms with Crippen molar-refractivity contribution in [1.82, 2.24) is 0 Å². The third-order valence-corrected chi connectivity index (χ3v) is 2.44. The first kappa shape index (κ1) is 12.1. The maximum absolute atomic E-state index is 10.1. The van der Waals surface area contributed by atoms with E-state index < -0.39 is 6.10 Å². The fourth-order valence-electron chi connectivity index (χ4n) is 1.68. The van der Waals surface area contributed by atoms with Crippen molar-refractivity contribution >= 4 is 0 Å². The number of phenols is 1. The van der Waals surface area contributed by atoms with E-state index in [9.17, 15) is 10.2 Å². The van der Waals surface area contributed by atoms with Crippen LogP contribution in [-0.2, 0) is 11.8 Å². The highest BCUT2D eigenvalue weighted by molar-refractivity contribution is 5.44. The van der Waals surface area contributed by atoms with E-state index in [1.54, 1.807) is 6.92 Å². The molecule has 0 aromatic heterocycles. The van der Waals surface area contributed by atoms with Crippen LogP contribution in [0.15, 0.2) is 18.2 Å². The molecule has 84 valence electrons. The molecule has 1 rings (SSSR count). The standard InChI is InChI=1S/C13H20O2/c1-9(14)8-10-6-5-7-11(12(10)15)13(2,3)4/h5-7,9,14-15H,8H2,1-4H3. The molecule has 1 unspecified atom stereocenters. The molecular weight excluding hydrogens is 188 g/mol. The Hall–Kier alpha value is -1.02. The van der Waals surface area contributed by atoms with Crippen LogP contribution in [0.5, 0.6) is 5.75 Å². The summed E-state index contributed by atoms with van der Waals surface area (Å²) in [6.07, 6.45) is 0.0709. The first-order valence-electron chi connectivity index (χ1n) is 5.31. The van der Waals surface area contributed by atoms with Crippen LogP contribution in [0.25, 0.3) is 0 Å². The lowest BCUT2D eigenvalue weighted by atomic mass is 9.84. The number of aliphatic hydroxyl groups is 1. The van der Waals surface area contributed by atoms with E-state index in [0.29, 0.717) is 12.2 Å². The quantitative estimate of drug-likeness (QED) is 0.784. The van der Waals surface area contributed by atoms with Crippen molar-refractivity contribution in [2.24, 2.45) is 0 Å². The Morgan fingerprint density at radius 2 is 1.87 bits per heavy atom. The number of para-hydroxylation sites is 1. The number of rotatable bonds is 2. The normalized spacial score (nSPS) is 13.9. The van der Waals surface area contributed by atoms with Gasteiger partial charge in [0.15, 0.2) is 0 Å². The average molecular weight is 208 g/mol. The van der Waals surface area contributed by atoms with Crippen molar-refractivity contribution in [2.75, 3.05) is 0 Å². The Labute approximate surface area is 91.6 Å². The molecular formula is C13H20O2. The van der Waals surface area contributed by atoms with E-state index in [0.717, 1.165) is 11.1 Å². The zero-order valence-electron chi connectivity index (χ0n) is 9.91. The molecule has 0 aliphatic carbocycles. The van der Waals surface area contributed by atoms with Gasteiger partial charge >= 0.3 is 0 Å². The van der Waals surface area contributed by atoms with E-state index >= 15 is 0 Å². The Bertz CT molecular complexity index is 335. The second-order valence-electron chi connectivity index (χ2n) is 5.12. The third-order valence-electron chi connectivity index (χ3n) is 2.44. The van der Waals surface area contributed by atoms with Crippen LogP contribution in [0.2, 0.25) is 0 Å². The van der Waals surface area contributed by atoms with Gasteiger partial charge in [0, 0.05) is 6.42 Å². The van der Waals surface area contributed by atoms with Crippen molar-refractivity contribution in [2.45, 2.75) is 45.6 Å². The number of phenolic OH excluding ortho intramolecular Hbond substituents is 1. The van der Waals surface area contributed by atoms with Crippen LogP contribution in [0, 0.1) is 0 Å². The fraction of sp³-hybridized carbons (Fsp3) is 0.538. The van der Waals surface area contributed by atoms with Crippen molar-refractivity contribution in [1.29, 1.82) is 0 Å². The molecule has 1 aromatic carbocycles. The molecule has 15 heavy (non-hydrogen) atoms. The topological polar surface area (TPSA) is 40.5 Å². The van der Waals surface area contributed by atoms with Gasteiger partial charge in [-0.15, -0.1) is 0 Å². The summed E-state index contributed by atoms with van der Waals surface area (Å²) in [5.41, 5.74) is 1.68. The maximum Gasteiger partial charge on any atom is 0.122 e. The number of benzene rings is 1. The summed E-state index contributed by atoms with van der Waals surface area (Å²) in [6, 6.07) is 5.72. The molecule has 0 saturated heterocycles. The van der Waals surface area contributed by atoms with Crippen LogP contribution >= 0.6 is 0 Å². The lowest BCUT2D eigenvalue weighted by Crippen LogP contribution is -2.13. The minimum absolute atomic E-state index is 0.0706. The third kappa shape index (κ3) is 2.96. The SMILES string of the molecule is CC(O)Cc1cccc(C(C)(C)C)c1O. The number of aliphatic hydroxyl groups excluding tert-OH is 1. The minimum Gasteiger partial charge on any atom is -0.507 e. The molecule has 0 spiro atoms. The summed E-state index contributed by atoms with van der Waals surface area (Å²) in [6.45, 7) is 7.92. The molecule has 0 saturated carbocycles. The maximum atomic E-state index is 10.1. The number of hydrogen-bond donors (Lipinski definition) is 2. The summed E-state index contributed by atoms with van der Waals surface area (Å²) in [7, 11) is 0. The van der Waals surface area contributed by atoms with Gasteiger partial charge in [-0.1, -0.05) is 39.0 Å². The zero-order valence-corrected chi connectivity index (χ0v) is 9.91. The second kappa shape index (κ2) is 4.23. The van der Waals surface area contributed by atoms with E-state index in [1.807, 2.05) is 18.2 Å². The monoisotopic (exact) mass is 208 g/mol. The van der Waals surface area contributed by atoms with Crippen LogP contribution in [0.4, 0.5) is 0 Å². The molecule has 0 fully saturated rings. The summed E-state index contributed by atoms with van der Waals surface area (Å²) >= 11 is 0. The van der Waals surface area contributed by atoms with Gasteiger partial charge in [-0.25, -0.2) is 0 Å². The molecule has 1 aromatic rings. The lowest BCUT2D eigenvalue weighted by molar-refractivity contribution is 0.194. The van der Waals surface area contributed by atoms with Crippen LogP contribution in [0.3, 0.4) is 0 Å². The Balaban J connectivity index is 3.12. The average Bonchev–Trinajstić information content (AvgIpc) is 2.05. The van der Waals surface area contributed by atoms with Crippen molar-refractivity contribution in [3.8, 4) is 5.75 Å². The predicted molar refractivity (Wildman–Crippen MR) is 62.2 cm³/mol. The van der Waals surface area contributed by atoms with Crippen molar-refractivity contribution < 1.29 is 10.2 Å². The van der Waals surface area contributed by atoms with E-state index in [1.165, 1.54) is 0 Å². The minimum atomic E-state index is -0.425. The van der Waals surface area contributed by atoms with E-state index in [4.69, 9.17) is 0 Å². The molecule has 1 atom stereocenters. The lowest BCUT2D eigenvalue weighted by Gasteiger charge is -2.22. The zero-order chi connectivity index (χ0) is 11.6. The van der Waals surface area contributed by atoms with Gasteiger partial charge < -0.3 is 10.2 Å². The fourth-order valence-corrected chi connectivity index (χ4v) is 1.68. The summed E-state index contributed by atoms with van der Waals surface area (Å²) < 4.78 is 0. The first-order chi connectivity index (χ1) is 6.82.